The van der Waals surface area contributed by atoms with Crippen LogP contribution in [0.4, 0.5) is 4.39 Å². The van der Waals surface area contributed by atoms with Crippen molar-refractivity contribution < 1.29 is 4.39 Å². The number of rotatable bonds is 3. The van der Waals surface area contributed by atoms with Crippen molar-refractivity contribution in [3.05, 3.63) is 58.8 Å². The third-order valence-corrected chi connectivity index (χ3v) is 3.59. The summed E-state index contributed by atoms with van der Waals surface area (Å²) in [5.41, 5.74) is 2.37. The molecule has 21 heavy (non-hydrogen) atoms. The minimum absolute atomic E-state index is 0.259. The molecule has 0 radical (unpaired) electrons. The van der Waals surface area contributed by atoms with Crippen LogP contribution in [0.2, 0.25) is 5.02 Å². The molecule has 1 atom stereocenters. The monoisotopic (exact) mass is 323 g/mol. The Kier molecular flexibility index (Phi) is 3.83. The van der Waals surface area contributed by atoms with Gasteiger partial charge < -0.3 is 4.57 Å². The van der Waals surface area contributed by atoms with E-state index in [4.69, 9.17) is 23.2 Å². The third-order valence-electron chi connectivity index (χ3n) is 3.19. The second kappa shape index (κ2) is 5.62. The zero-order valence-corrected chi connectivity index (χ0v) is 12.7. The van der Waals surface area contributed by atoms with E-state index in [0.29, 0.717) is 28.6 Å². The molecule has 3 nitrogen and oxygen atoms in total. The van der Waals surface area contributed by atoms with Crippen LogP contribution in [0.3, 0.4) is 0 Å². The molecule has 1 aromatic carbocycles. The summed E-state index contributed by atoms with van der Waals surface area (Å²) in [6.07, 6.45) is 1.58. The molecular formula is C15H12Cl2FN3. The number of benzene rings is 1. The number of fused-ring (bicyclic) bond motifs is 1. The first-order valence-corrected chi connectivity index (χ1v) is 7.26. The molecule has 0 aliphatic heterocycles. The van der Waals surface area contributed by atoms with E-state index in [1.807, 2.05) is 11.5 Å². The Morgan fingerprint density at radius 2 is 2.00 bits per heavy atom. The van der Waals surface area contributed by atoms with Gasteiger partial charge in [0.1, 0.15) is 17.2 Å². The van der Waals surface area contributed by atoms with Gasteiger partial charge in [0.15, 0.2) is 5.65 Å². The zero-order chi connectivity index (χ0) is 15.0. The summed E-state index contributed by atoms with van der Waals surface area (Å²) in [6, 6.07) is 8.10. The summed E-state index contributed by atoms with van der Waals surface area (Å²) in [4.78, 5) is 8.83. The fourth-order valence-electron chi connectivity index (χ4n) is 2.24. The predicted octanol–water partition coefficient (Wildman–Crippen LogP) is 4.57. The molecule has 0 spiro atoms. The lowest BCUT2D eigenvalue weighted by Crippen LogP contribution is -2.06. The Bertz CT molecular complexity index is 781. The fraction of sp³-hybridized carbons (Fsp3) is 0.200. The minimum atomic E-state index is -0.265. The average Bonchev–Trinajstić information content (AvgIpc) is 2.79. The van der Waals surface area contributed by atoms with Gasteiger partial charge in [-0.1, -0.05) is 23.7 Å². The van der Waals surface area contributed by atoms with E-state index in [1.54, 1.807) is 24.4 Å². The first-order chi connectivity index (χ1) is 10.0. The van der Waals surface area contributed by atoms with E-state index in [0.717, 1.165) is 5.56 Å². The molecule has 0 aliphatic carbocycles. The molecule has 3 rings (SSSR count). The van der Waals surface area contributed by atoms with Gasteiger partial charge in [-0.25, -0.2) is 14.4 Å². The topological polar surface area (TPSA) is 30.7 Å². The van der Waals surface area contributed by atoms with Gasteiger partial charge in [0, 0.05) is 6.20 Å². The smallest absolute Gasteiger partial charge is 0.160 e. The highest BCUT2D eigenvalue weighted by atomic mass is 35.5. The Balaban J connectivity index is 2.10. The lowest BCUT2D eigenvalue weighted by molar-refractivity contribution is 0.626. The predicted molar refractivity (Wildman–Crippen MR) is 82.3 cm³/mol. The van der Waals surface area contributed by atoms with Crippen LogP contribution in [0.1, 0.15) is 23.7 Å². The summed E-state index contributed by atoms with van der Waals surface area (Å²) in [7, 11) is 0. The van der Waals surface area contributed by atoms with Crippen LogP contribution >= 0.6 is 23.2 Å². The molecule has 1 unspecified atom stereocenters. The summed E-state index contributed by atoms with van der Waals surface area (Å²) in [6.45, 7) is 2.38. The van der Waals surface area contributed by atoms with Crippen molar-refractivity contribution in [3.8, 4) is 0 Å². The standard InChI is InChI=1S/C15H12Cl2FN3/c1-9(16)14-20-13-6-11(17)7-19-15(13)21(14)8-10-2-4-12(18)5-3-10/h2-7,9H,8H2,1H3. The highest BCUT2D eigenvalue weighted by Crippen LogP contribution is 2.26. The summed E-state index contributed by atoms with van der Waals surface area (Å²) in [5.74, 6) is 0.454. The van der Waals surface area contributed by atoms with E-state index in [-0.39, 0.29) is 11.2 Å². The van der Waals surface area contributed by atoms with Crippen LogP contribution in [-0.2, 0) is 6.54 Å². The number of pyridine rings is 1. The second-order valence-electron chi connectivity index (χ2n) is 4.79. The van der Waals surface area contributed by atoms with E-state index in [2.05, 4.69) is 9.97 Å². The van der Waals surface area contributed by atoms with Crippen molar-refractivity contribution in [2.75, 3.05) is 0 Å². The van der Waals surface area contributed by atoms with Crippen molar-refractivity contribution in [1.82, 2.24) is 14.5 Å². The second-order valence-corrected chi connectivity index (χ2v) is 5.89. The van der Waals surface area contributed by atoms with Crippen LogP contribution in [0.15, 0.2) is 36.5 Å². The van der Waals surface area contributed by atoms with Gasteiger partial charge in [0.2, 0.25) is 0 Å². The van der Waals surface area contributed by atoms with Crippen LogP contribution in [-0.4, -0.2) is 14.5 Å². The third kappa shape index (κ3) is 2.87. The van der Waals surface area contributed by atoms with E-state index < -0.39 is 0 Å². The molecule has 0 N–H and O–H groups in total. The maximum absolute atomic E-state index is 13.0. The highest BCUT2D eigenvalue weighted by Gasteiger charge is 2.16. The lowest BCUT2D eigenvalue weighted by Gasteiger charge is -2.10. The molecule has 0 saturated heterocycles. The van der Waals surface area contributed by atoms with Crippen molar-refractivity contribution in [1.29, 1.82) is 0 Å². The van der Waals surface area contributed by atoms with E-state index in [9.17, 15) is 4.39 Å². The molecule has 3 aromatic rings. The van der Waals surface area contributed by atoms with Gasteiger partial charge in [-0.05, 0) is 30.7 Å². The van der Waals surface area contributed by atoms with Crippen molar-refractivity contribution in [2.24, 2.45) is 0 Å². The number of imidazole rings is 1. The first kappa shape index (κ1) is 14.3. The lowest BCUT2D eigenvalue weighted by atomic mass is 10.2. The summed E-state index contributed by atoms with van der Waals surface area (Å²) < 4.78 is 14.9. The van der Waals surface area contributed by atoms with Crippen LogP contribution in [0, 0.1) is 5.82 Å². The molecule has 108 valence electrons. The zero-order valence-electron chi connectivity index (χ0n) is 11.2. The Morgan fingerprint density at radius 3 is 2.67 bits per heavy atom. The summed E-state index contributed by atoms with van der Waals surface area (Å²) >= 11 is 12.2. The van der Waals surface area contributed by atoms with Gasteiger partial charge in [-0.15, -0.1) is 11.6 Å². The van der Waals surface area contributed by atoms with Gasteiger partial charge in [-0.2, -0.15) is 0 Å². The Labute approximate surface area is 131 Å². The van der Waals surface area contributed by atoms with Crippen LogP contribution in [0.25, 0.3) is 11.2 Å². The average molecular weight is 324 g/mol. The number of alkyl halides is 1. The SMILES string of the molecule is CC(Cl)c1nc2cc(Cl)cnc2n1Cc1ccc(F)cc1. The molecule has 0 aliphatic rings. The van der Waals surface area contributed by atoms with Crippen LogP contribution in [0.5, 0.6) is 0 Å². The number of aromatic nitrogens is 3. The number of hydrogen-bond donors (Lipinski definition) is 0. The molecule has 6 heteroatoms. The Morgan fingerprint density at radius 1 is 1.29 bits per heavy atom. The number of halogens is 3. The molecule has 0 bridgehead atoms. The van der Waals surface area contributed by atoms with Crippen molar-refractivity contribution >= 4 is 34.4 Å². The molecular weight excluding hydrogens is 312 g/mol. The highest BCUT2D eigenvalue weighted by molar-refractivity contribution is 6.31. The molecule has 2 heterocycles. The maximum atomic E-state index is 13.0. The van der Waals surface area contributed by atoms with Gasteiger partial charge in [-0.3, -0.25) is 0 Å². The maximum Gasteiger partial charge on any atom is 0.160 e. The Hall–Kier alpha value is -1.65. The number of hydrogen-bond acceptors (Lipinski definition) is 2. The van der Waals surface area contributed by atoms with E-state index >= 15 is 0 Å². The van der Waals surface area contributed by atoms with Crippen LogP contribution < -0.4 is 0 Å². The number of nitrogens with zero attached hydrogens (tertiary/aromatic N) is 3. The fourth-order valence-corrected chi connectivity index (χ4v) is 2.55. The van der Waals surface area contributed by atoms with Crippen molar-refractivity contribution in [2.45, 2.75) is 18.8 Å². The molecule has 0 amide bonds. The van der Waals surface area contributed by atoms with Gasteiger partial charge >= 0.3 is 0 Å². The molecule has 0 saturated carbocycles. The van der Waals surface area contributed by atoms with E-state index in [1.165, 1.54) is 12.1 Å². The minimum Gasteiger partial charge on any atom is -0.307 e. The largest absolute Gasteiger partial charge is 0.307 e. The first-order valence-electron chi connectivity index (χ1n) is 6.45. The quantitative estimate of drug-likeness (QED) is 0.661. The van der Waals surface area contributed by atoms with Gasteiger partial charge in [0.25, 0.3) is 0 Å². The van der Waals surface area contributed by atoms with Gasteiger partial charge in [0.05, 0.1) is 16.9 Å². The molecule has 2 aromatic heterocycles. The molecule has 0 fully saturated rings. The normalized spacial score (nSPS) is 12.8. The van der Waals surface area contributed by atoms with Crippen molar-refractivity contribution in [3.63, 3.8) is 0 Å². The summed E-state index contributed by atoms with van der Waals surface area (Å²) in [5, 5.41) is 0.265.